The molecule has 0 saturated carbocycles. The van der Waals surface area contributed by atoms with Crippen LogP contribution in [0, 0.1) is 0 Å². The molecule has 90 valence electrons. The van der Waals surface area contributed by atoms with E-state index in [0.29, 0.717) is 0 Å². The molecule has 0 aliphatic rings. The van der Waals surface area contributed by atoms with E-state index < -0.39 is 6.10 Å². The summed E-state index contributed by atoms with van der Waals surface area (Å²) in [6, 6.07) is 7.71. The number of ether oxygens (including phenoxy) is 1. The van der Waals surface area contributed by atoms with Gasteiger partial charge in [0.15, 0.2) is 0 Å². The van der Waals surface area contributed by atoms with Crippen molar-refractivity contribution in [2.24, 2.45) is 5.73 Å². The normalized spacial score (nSPS) is 16.6. The van der Waals surface area contributed by atoms with Crippen LogP contribution in [0.2, 0.25) is 0 Å². The molecule has 3 N–H and O–H groups in total. The lowest BCUT2D eigenvalue weighted by atomic mass is 10.0. The number of benzene rings is 1. The van der Waals surface area contributed by atoms with Crippen molar-refractivity contribution in [2.75, 3.05) is 0 Å². The Kier molecular flexibility index (Phi) is 4.77. The van der Waals surface area contributed by atoms with Gasteiger partial charge < -0.3 is 15.6 Å². The molecule has 0 heterocycles. The second kappa shape index (κ2) is 5.87. The Labute approximate surface area is 97.2 Å². The predicted octanol–water partition coefficient (Wildman–Crippen LogP) is 2.24. The Morgan fingerprint density at radius 2 is 1.94 bits per heavy atom. The Bertz CT molecular complexity index is 325. The first-order chi connectivity index (χ1) is 7.56. The maximum absolute atomic E-state index is 9.41. The van der Waals surface area contributed by atoms with E-state index in [9.17, 15) is 5.11 Å². The van der Waals surface area contributed by atoms with E-state index in [1.807, 2.05) is 38.1 Å². The van der Waals surface area contributed by atoms with E-state index in [0.717, 1.165) is 17.7 Å². The third kappa shape index (κ3) is 3.22. The molecule has 0 bridgehead atoms. The third-order valence-electron chi connectivity index (χ3n) is 2.75. The molecule has 0 saturated heterocycles. The molecule has 0 aliphatic heterocycles. The van der Waals surface area contributed by atoms with Gasteiger partial charge in [-0.25, -0.2) is 0 Å². The average Bonchev–Trinajstić information content (AvgIpc) is 2.28. The summed E-state index contributed by atoms with van der Waals surface area (Å²) in [4.78, 5) is 0. The lowest BCUT2D eigenvalue weighted by Crippen LogP contribution is -2.26. The Morgan fingerprint density at radius 1 is 1.31 bits per heavy atom. The van der Waals surface area contributed by atoms with Crippen molar-refractivity contribution < 1.29 is 9.84 Å². The lowest BCUT2D eigenvalue weighted by molar-refractivity contribution is 0.0596. The summed E-state index contributed by atoms with van der Waals surface area (Å²) in [5.74, 6) is 0.769. The molecule has 1 aromatic rings. The van der Waals surface area contributed by atoms with Gasteiger partial charge in [-0.15, -0.1) is 0 Å². The fourth-order valence-corrected chi connectivity index (χ4v) is 1.41. The zero-order valence-electron chi connectivity index (χ0n) is 10.2. The number of hydrogen-bond acceptors (Lipinski definition) is 3. The topological polar surface area (TPSA) is 55.5 Å². The minimum absolute atomic E-state index is 0.0163. The molecule has 2 unspecified atom stereocenters. The first-order valence-electron chi connectivity index (χ1n) is 5.75. The summed E-state index contributed by atoms with van der Waals surface area (Å²) >= 11 is 0. The predicted molar refractivity (Wildman–Crippen MR) is 65.4 cm³/mol. The van der Waals surface area contributed by atoms with Gasteiger partial charge in [0.05, 0.1) is 6.10 Å². The van der Waals surface area contributed by atoms with Crippen LogP contribution >= 0.6 is 0 Å². The van der Waals surface area contributed by atoms with E-state index in [-0.39, 0.29) is 12.1 Å². The van der Waals surface area contributed by atoms with Gasteiger partial charge in [0.25, 0.3) is 0 Å². The standard InChI is InChI=1S/C13H21NO2/c1-4-12(14)11-7-5-6-8-13(11)16-10(3)9(2)15/h5-10,12,15H,4,14H2,1-3H3/t9?,10?,12-/m0/s1. The average molecular weight is 223 g/mol. The second-order valence-electron chi connectivity index (χ2n) is 4.12. The minimum atomic E-state index is -0.495. The summed E-state index contributed by atoms with van der Waals surface area (Å²) < 4.78 is 5.70. The number of rotatable bonds is 5. The van der Waals surface area contributed by atoms with Crippen LogP contribution in [0.5, 0.6) is 5.75 Å². The summed E-state index contributed by atoms with van der Waals surface area (Å²) in [6.07, 6.45) is 0.139. The van der Waals surface area contributed by atoms with Crippen LogP contribution in [-0.4, -0.2) is 17.3 Å². The Morgan fingerprint density at radius 3 is 2.50 bits per heavy atom. The first-order valence-corrected chi connectivity index (χ1v) is 5.75. The number of hydrogen-bond donors (Lipinski definition) is 2. The first kappa shape index (κ1) is 13.0. The van der Waals surface area contributed by atoms with E-state index >= 15 is 0 Å². The van der Waals surface area contributed by atoms with Crippen molar-refractivity contribution in [3.63, 3.8) is 0 Å². The molecule has 16 heavy (non-hydrogen) atoms. The van der Waals surface area contributed by atoms with Crippen molar-refractivity contribution in [3.05, 3.63) is 29.8 Å². The highest BCUT2D eigenvalue weighted by Gasteiger charge is 2.15. The molecule has 0 aromatic heterocycles. The molecule has 0 radical (unpaired) electrons. The van der Waals surface area contributed by atoms with Gasteiger partial charge in [-0.3, -0.25) is 0 Å². The number of para-hydroxylation sites is 1. The molecular weight excluding hydrogens is 202 g/mol. The van der Waals surface area contributed by atoms with Crippen LogP contribution < -0.4 is 10.5 Å². The fourth-order valence-electron chi connectivity index (χ4n) is 1.41. The van der Waals surface area contributed by atoms with Gasteiger partial charge >= 0.3 is 0 Å². The molecule has 1 aromatic carbocycles. The summed E-state index contributed by atoms with van der Waals surface area (Å²) in [5.41, 5.74) is 7.00. The fraction of sp³-hybridized carbons (Fsp3) is 0.538. The van der Waals surface area contributed by atoms with Crippen LogP contribution in [0.4, 0.5) is 0 Å². The maximum atomic E-state index is 9.41. The Hall–Kier alpha value is -1.06. The highest BCUT2D eigenvalue weighted by Crippen LogP contribution is 2.26. The zero-order valence-corrected chi connectivity index (χ0v) is 10.2. The number of nitrogens with two attached hydrogens (primary N) is 1. The van der Waals surface area contributed by atoms with E-state index in [2.05, 4.69) is 0 Å². The van der Waals surface area contributed by atoms with E-state index in [1.54, 1.807) is 6.92 Å². The van der Waals surface area contributed by atoms with Gasteiger partial charge in [0, 0.05) is 11.6 Å². The molecule has 3 nitrogen and oxygen atoms in total. The quantitative estimate of drug-likeness (QED) is 0.805. The maximum Gasteiger partial charge on any atom is 0.124 e. The SMILES string of the molecule is CC[C@H](N)c1ccccc1OC(C)C(C)O. The summed E-state index contributed by atoms with van der Waals surface area (Å²) in [7, 11) is 0. The number of aliphatic hydroxyl groups excluding tert-OH is 1. The summed E-state index contributed by atoms with van der Waals surface area (Å²) in [5, 5.41) is 9.41. The molecule has 0 spiro atoms. The second-order valence-corrected chi connectivity index (χ2v) is 4.12. The van der Waals surface area contributed by atoms with Gasteiger partial charge in [0.2, 0.25) is 0 Å². The van der Waals surface area contributed by atoms with Crippen LogP contribution in [0.3, 0.4) is 0 Å². The van der Waals surface area contributed by atoms with Gasteiger partial charge in [-0.2, -0.15) is 0 Å². The monoisotopic (exact) mass is 223 g/mol. The third-order valence-corrected chi connectivity index (χ3v) is 2.75. The van der Waals surface area contributed by atoms with Gasteiger partial charge in [0.1, 0.15) is 11.9 Å². The van der Waals surface area contributed by atoms with E-state index in [1.165, 1.54) is 0 Å². The minimum Gasteiger partial charge on any atom is -0.488 e. The van der Waals surface area contributed by atoms with Crippen molar-refractivity contribution in [1.82, 2.24) is 0 Å². The molecule has 3 heteroatoms. The van der Waals surface area contributed by atoms with Crippen molar-refractivity contribution in [2.45, 2.75) is 45.4 Å². The van der Waals surface area contributed by atoms with Crippen molar-refractivity contribution in [1.29, 1.82) is 0 Å². The smallest absolute Gasteiger partial charge is 0.124 e. The Balaban J connectivity index is 2.86. The number of aliphatic hydroxyl groups is 1. The largest absolute Gasteiger partial charge is 0.488 e. The molecule has 3 atom stereocenters. The van der Waals surface area contributed by atoms with Crippen LogP contribution in [-0.2, 0) is 0 Å². The molecule has 0 amide bonds. The van der Waals surface area contributed by atoms with Crippen molar-refractivity contribution >= 4 is 0 Å². The van der Waals surface area contributed by atoms with Crippen LogP contribution in [0.1, 0.15) is 38.8 Å². The van der Waals surface area contributed by atoms with Crippen LogP contribution in [0.15, 0.2) is 24.3 Å². The molecular formula is C13H21NO2. The summed E-state index contributed by atoms with van der Waals surface area (Å²) in [6.45, 7) is 5.60. The van der Waals surface area contributed by atoms with Crippen LogP contribution in [0.25, 0.3) is 0 Å². The highest BCUT2D eigenvalue weighted by atomic mass is 16.5. The zero-order chi connectivity index (χ0) is 12.1. The van der Waals surface area contributed by atoms with E-state index in [4.69, 9.17) is 10.5 Å². The van der Waals surface area contributed by atoms with Gasteiger partial charge in [-0.1, -0.05) is 25.1 Å². The molecule has 0 fully saturated rings. The van der Waals surface area contributed by atoms with Crippen molar-refractivity contribution in [3.8, 4) is 5.75 Å². The lowest BCUT2D eigenvalue weighted by Gasteiger charge is -2.21. The van der Waals surface area contributed by atoms with Gasteiger partial charge in [-0.05, 0) is 26.3 Å². The molecule has 0 aliphatic carbocycles. The molecule has 1 rings (SSSR count). The highest BCUT2D eigenvalue weighted by molar-refractivity contribution is 5.35.